The summed E-state index contributed by atoms with van der Waals surface area (Å²) in [5, 5.41) is 6.38. The minimum atomic E-state index is 0.525. The number of para-hydroxylation sites is 2. The molecule has 8 aromatic carbocycles. The van der Waals surface area contributed by atoms with Gasteiger partial charge < -0.3 is 8.83 Å². The molecule has 57 heavy (non-hydrogen) atoms. The molecule has 0 radical (unpaired) electrons. The molecule has 0 atom stereocenters. The zero-order chi connectivity index (χ0) is 37.5. The van der Waals surface area contributed by atoms with Gasteiger partial charge in [-0.1, -0.05) is 140 Å². The van der Waals surface area contributed by atoms with E-state index in [1.165, 1.54) is 0 Å². The van der Waals surface area contributed by atoms with Gasteiger partial charge in [-0.15, -0.1) is 0 Å². The number of fused-ring (bicyclic) bond motifs is 9. The monoisotopic (exact) mass is 730 g/mol. The Bertz CT molecular complexity index is 3510. The summed E-state index contributed by atoms with van der Waals surface area (Å²) in [5.74, 6) is 1.65. The van der Waals surface area contributed by atoms with Gasteiger partial charge in [0.15, 0.2) is 11.6 Å². The summed E-state index contributed by atoms with van der Waals surface area (Å²) < 4.78 is 15.1. The lowest BCUT2D eigenvalue weighted by Gasteiger charge is -2.11. The van der Waals surface area contributed by atoms with Crippen molar-refractivity contribution in [2.24, 2.45) is 0 Å². The van der Waals surface area contributed by atoms with Crippen molar-refractivity contribution in [1.82, 2.24) is 19.5 Å². The highest BCUT2D eigenvalue weighted by molar-refractivity contribution is 6.17. The van der Waals surface area contributed by atoms with Crippen LogP contribution in [0.1, 0.15) is 0 Å². The molecule has 0 bridgehead atoms. The largest absolute Gasteiger partial charge is 0.456 e. The van der Waals surface area contributed by atoms with Crippen LogP contribution in [-0.4, -0.2) is 19.5 Å². The molecule has 12 aromatic rings. The van der Waals surface area contributed by atoms with E-state index in [2.05, 4.69) is 144 Å². The molecule has 0 unspecified atom stereocenters. The van der Waals surface area contributed by atoms with E-state index >= 15 is 0 Å². The Labute approximate surface area is 325 Å². The van der Waals surface area contributed by atoms with Gasteiger partial charge in [-0.05, 0) is 64.7 Å². The standard InChI is InChI=1S/C51H30N4O2/c1-3-12-31(13-4-1)32-22-24-34(25-23-32)49-52-50(35-26-27-39-46(28-35)57-45-21-11-18-36(48(39)45)33-14-5-2-6-15-33)54-51(53-49)55-42-19-9-7-16-37(42)40-30-47-41(29-43(40)55)38-17-8-10-20-44(38)56-47/h1-30H. The van der Waals surface area contributed by atoms with E-state index in [9.17, 15) is 0 Å². The molecule has 0 aliphatic carbocycles. The fourth-order valence-electron chi connectivity index (χ4n) is 8.39. The maximum absolute atomic E-state index is 6.55. The van der Waals surface area contributed by atoms with Crippen LogP contribution < -0.4 is 0 Å². The summed E-state index contributed by atoms with van der Waals surface area (Å²) in [6, 6.07) is 62.7. The van der Waals surface area contributed by atoms with Gasteiger partial charge in [0.2, 0.25) is 5.95 Å². The summed E-state index contributed by atoms with van der Waals surface area (Å²) in [5.41, 5.74) is 11.6. The van der Waals surface area contributed by atoms with Crippen LogP contribution in [0.2, 0.25) is 0 Å². The van der Waals surface area contributed by atoms with Crippen molar-refractivity contribution in [2.45, 2.75) is 0 Å². The van der Waals surface area contributed by atoms with Gasteiger partial charge in [-0.2, -0.15) is 9.97 Å². The van der Waals surface area contributed by atoms with Gasteiger partial charge in [-0.25, -0.2) is 4.98 Å². The number of benzene rings is 8. The number of hydrogen-bond donors (Lipinski definition) is 0. The van der Waals surface area contributed by atoms with E-state index in [0.29, 0.717) is 17.6 Å². The molecule has 0 amide bonds. The molecule has 4 heterocycles. The molecule has 266 valence electrons. The normalized spacial score (nSPS) is 11.9. The SMILES string of the molecule is c1ccc(-c2ccc(-c3nc(-c4ccc5c(c4)oc4cccc(-c6ccccc6)c45)nc(-n4c5ccccc5c5cc6oc7ccccc7c6cc54)n3)cc2)cc1. The molecular formula is C51H30N4O2. The van der Waals surface area contributed by atoms with Crippen LogP contribution >= 0.6 is 0 Å². The van der Waals surface area contributed by atoms with Crippen molar-refractivity contribution in [3.8, 4) is 51.0 Å². The maximum Gasteiger partial charge on any atom is 0.238 e. The Morgan fingerprint density at radius 2 is 0.947 bits per heavy atom. The Kier molecular flexibility index (Phi) is 6.83. The van der Waals surface area contributed by atoms with Crippen molar-refractivity contribution in [1.29, 1.82) is 0 Å². The fourth-order valence-corrected chi connectivity index (χ4v) is 8.39. The second-order valence-corrected chi connectivity index (χ2v) is 14.4. The van der Waals surface area contributed by atoms with Gasteiger partial charge in [-0.3, -0.25) is 4.57 Å². The van der Waals surface area contributed by atoms with E-state index in [-0.39, 0.29) is 0 Å². The van der Waals surface area contributed by atoms with Crippen LogP contribution in [0.5, 0.6) is 0 Å². The minimum absolute atomic E-state index is 0.525. The molecule has 0 fully saturated rings. The molecule has 0 saturated carbocycles. The van der Waals surface area contributed by atoms with E-state index in [0.717, 1.165) is 99.1 Å². The van der Waals surface area contributed by atoms with Gasteiger partial charge in [0.1, 0.15) is 22.3 Å². The van der Waals surface area contributed by atoms with Crippen LogP contribution in [0.15, 0.2) is 191 Å². The molecular weight excluding hydrogens is 701 g/mol. The molecule has 0 aliphatic heterocycles. The number of furan rings is 2. The smallest absolute Gasteiger partial charge is 0.238 e. The third-order valence-electron chi connectivity index (χ3n) is 11.1. The Morgan fingerprint density at radius 3 is 1.77 bits per heavy atom. The van der Waals surface area contributed by atoms with E-state index in [1.54, 1.807) is 0 Å². The van der Waals surface area contributed by atoms with Crippen LogP contribution in [-0.2, 0) is 0 Å². The Balaban J connectivity index is 1.09. The molecule has 6 heteroatoms. The van der Waals surface area contributed by atoms with Crippen molar-refractivity contribution in [2.75, 3.05) is 0 Å². The van der Waals surface area contributed by atoms with Gasteiger partial charge in [0.05, 0.1) is 11.0 Å². The number of aromatic nitrogens is 4. The third-order valence-corrected chi connectivity index (χ3v) is 11.1. The average Bonchev–Trinajstić information content (AvgIpc) is 3.95. The summed E-state index contributed by atoms with van der Waals surface area (Å²) in [6.45, 7) is 0. The zero-order valence-electron chi connectivity index (χ0n) is 30.4. The average molecular weight is 731 g/mol. The van der Waals surface area contributed by atoms with Crippen LogP contribution in [0.3, 0.4) is 0 Å². The van der Waals surface area contributed by atoms with Crippen LogP contribution in [0.25, 0.3) is 117 Å². The summed E-state index contributed by atoms with van der Waals surface area (Å²) in [4.78, 5) is 15.7. The predicted octanol–water partition coefficient (Wildman–Crippen LogP) is 13.4. The van der Waals surface area contributed by atoms with E-state index in [4.69, 9.17) is 23.8 Å². The number of nitrogens with zero attached hydrogens (tertiary/aromatic N) is 4. The second-order valence-electron chi connectivity index (χ2n) is 14.4. The van der Waals surface area contributed by atoms with Gasteiger partial charge in [0.25, 0.3) is 0 Å². The third kappa shape index (κ3) is 5.01. The lowest BCUT2D eigenvalue weighted by Crippen LogP contribution is -2.06. The highest BCUT2D eigenvalue weighted by Gasteiger charge is 2.21. The Hall–Kier alpha value is -7.83. The van der Waals surface area contributed by atoms with Crippen LogP contribution in [0, 0.1) is 0 Å². The lowest BCUT2D eigenvalue weighted by molar-refractivity contribution is 0.669. The molecule has 0 aliphatic rings. The van der Waals surface area contributed by atoms with Crippen molar-refractivity contribution in [3.63, 3.8) is 0 Å². The molecule has 6 nitrogen and oxygen atoms in total. The van der Waals surface area contributed by atoms with Gasteiger partial charge in [0, 0.05) is 43.4 Å². The van der Waals surface area contributed by atoms with Crippen molar-refractivity contribution >= 4 is 65.7 Å². The molecule has 12 rings (SSSR count). The van der Waals surface area contributed by atoms with Gasteiger partial charge >= 0.3 is 0 Å². The first-order valence-electron chi connectivity index (χ1n) is 19.0. The first-order valence-corrected chi connectivity index (χ1v) is 19.0. The second kappa shape index (κ2) is 12.3. The predicted molar refractivity (Wildman–Crippen MR) is 230 cm³/mol. The minimum Gasteiger partial charge on any atom is -0.456 e. The van der Waals surface area contributed by atoms with Crippen molar-refractivity contribution < 1.29 is 8.83 Å². The van der Waals surface area contributed by atoms with E-state index < -0.39 is 0 Å². The quantitative estimate of drug-likeness (QED) is 0.176. The number of rotatable bonds is 5. The first-order chi connectivity index (χ1) is 28.2. The topological polar surface area (TPSA) is 69.9 Å². The summed E-state index contributed by atoms with van der Waals surface area (Å²) in [7, 11) is 0. The molecule has 4 aromatic heterocycles. The molecule has 0 saturated heterocycles. The maximum atomic E-state index is 6.55. The highest BCUT2D eigenvalue weighted by Crippen LogP contribution is 2.40. The van der Waals surface area contributed by atoms with E-state index in [1.807, 2.05) is 42.5 Å². The number of hydrogen-bond acceptors (Lipinski definition) is 5. The highest BCUT2D eigenvalue weighted by atomic mass is 16.3. The summed E-state index contributed by atoms with van der Waals surface area (Å²) in [6.07, 6.45) is 0. The summed E-state index contributed by atoms with van der Waals surface area (Å²) >= 11 is 0. The Morgan fingerprint density at radius 1 is 0.333 bits per heavy atom. The molecule has 0 spiro atoms. The molecule has 0 N–H and O–H groups in total. The van der Waals surface area contributed by atoms with Crippen LogP contribution in [0.4, 0.5) is 0 Å². The lowest BCUT2D eigenvalue weighted by atomic mass is 9.99. The fraction of sp³-hybridized carbons (Fsp3) is 0. The zero-order valence-corrected chi connectivity index (χ0v) is 30.4. The first kappa shape index (κ1) is 31.5. The van der Waals surface area contributed by atoms with Crippen molar-refractivity contribution in [3.05, 3.63) is 182 Å².